The summed E-state index contributed by atoms with van der Waals surface area (Å²) < 4.78 is 5.40. The number of carbonyl (C=O) groups is 1. The van der Waals surface area contributed by atoms with Crippen molar-refractivity contribution in [3.63, 3.8) is 0 Å². The van der Waals surface area contributed by atoms with Crippen LogP contribution < -0.4 is 10.6 Å². The van der Waals surface area contributed by atoms with Crippen LogP contribution in [0.15, 0.2) is 0 Å². The molecule has 5 heteroatoms. The molecule has 4 saturated carbocycles. The largest absolute Gasteiger partial charge is 0.384 e. The molecule has 0 spiro atoms. The first-order valence-corrected chi connectivity index (χ1v) is 10.1. The Hall–Kier alpha value is -0.320. The second kappa shape index (κ2) is 7.74. The molecule has 5 fully saturated rings. The highest BCUT2D eigenvalue weighted by Gasteiger charge is 2.50. The summed E-state index contributed by atoms with van der Waals surface area (Å²) in [5, 5.41) is 6.67. The summed E-state index contributed by atoms with van der Waals surface area (Å²) in [4.78, 5) is 12.9. The molecule has 4 bridgehead atoms. The maximum atomic E-state index is 12.9. The lowest BCUT2D eigenvalue weighted by Crippen LogP contribution is -2.51. The molecule has 144 valence electrons. The van der Waals surface area contributed by atoms with Crippen LogP contribution in [0.1, 0.15) is 57.8 Å². The third-order valence-electron chi connectivity index (χ3n) is 7.57. The fourth-order valence-electron chi connectivity index (χ4n) is 6.84. The summed E-state index contributed by atoms with van der Waals surface area (Å²) in [6.07, 6.45) is 11.8. The highest BCUT2D eigenvalue weighted by Crippen LogP contribution is 2.61. The molecule has 1 heterocycles. The van der Waals surface area contributed by atoms with Crippen molar-refractivity contribution in [2.45, 2.75) is 57.8 Å². The number of rotatable bonds is 6. The molecule has 0 aromatic carbocycles. The molecule has 0 aromatic heterocycles. The number of nitrogens with one attached hydrogen (secondary N) is 2. The summed E-state index contributed by atoms with van der Waals surface area (Å²) in [6, 6.07) is 0. The highest BCUT2D eigenvalue weighted by molar-refractivity contribution is 5.85. The van der Waals surface area contributed by atoms with Gasteiger partial charge in [-0.15, -0.1) is 12.4 Å². The summed E-state index contributed by atoms with van der Waals surface area (Å²) in [6.45, 7) is 3.26. The van der Waals surface area contributed by atoms with E-state index in [-0.39, 0.29) is 23.7 Å². The molecule has 0 aromatic rings. The number of piperidine rings is 1. The third-order valence-corrected chi connectivity index (χ3v) is 7.57. The standard InChI is InChI=1S/C20H34N2O2.ClH/c1-24-14-20(3-5-21-6-4-20)18(23)22-7-2-19-11-15-8-16(12-19)10-17(9-15)13-19;/h15-17,21H,2-14H2,1H3,(H,22,23);1H. The predicted octanol–water partition coefficient (Wildman–Crippen LogP) is 3.15. The molecule has 4 nitrogen and oxygen atoms in total. The lowest BCUT2D eigenvalue weighted by molar-refractivity contribution is -0.136. The van der Waals surface area contributed by atoms with E-state index in [4.69, 9.17) is 4.74 Å². The summed E-state index contributed by atoms with van der Waals surface area (Å²) >= 11 is 0. The molecule has 1 amide bonds. The molecule has 0 radical (unpaired) electrons. The second-order valence-corrected chi connectivity index (χ2v) is 9.39. The summed E-state index contributed by atoms with van der Waals surface area (Å²) in [5.41, 5.74) is 0.256. The molecule has 4 aliphatic carbocycles. The molecule has 1 aliphatic heterocycles. The molecule has 2 N–H and O–H groups in total. The van der Waals surface area contributed by atoms with Gasteiger partial charge in [0.05, 0.1) is 12.0 Å². The van der Waals surface area contributed by atoms with Gasteiger partial charge < -0.3 is 15.4 Å². The van der Waals surface area contributed by atoms with Crippen LogP contribution in [0.3, 0.4) is 0 Å². The molecular weight excluding hydrogens is 336 g/mol. The Kier molecular flexibility index (Phi) is 6.02. The molecule has 1 saturated heterocycles. The Morgan fingerprint density at radius 1 is 1.08 bits per heavy atom. The van der Waals surface area contributed by atoms with Gasteiger partial charge in [-0.1, -0.05) is 0 Å². The minimum absolute atomic E-state index is 0. The van der Waals surface area contributed by atoms with E-state index in [1.807, 2.05) is 0 Å². The van der Waals surface area contributed by atoms with Crippen molar-refractivity contribution >= 4 is 18.3 Å². The Bertz CT molecular complexity index is 436. The summed E-state index contributed by atoms with van der Waals surface area (Å²) in [7, 11) is 1.71. The van der Waals surface area contributed by atoms with Gasteiger partial charge in [0.15, 0.2) is 0 Å². The fraction of sp³-hybridized carbons (Fsp3) is 0.950. The van der Waals surface area contributed by atoms with E-state index in [0.29, 0.717) is 12.0 Å². The van der Waals surface area contributed by atoms with Gasteiger partial charge in [0.25, 0.3) is 0 Å². The van der Waals surface area contributed by atoms with Gasteiger partial charge in [-0.05, 0) is 94.0 Å². The van der Waals surface area contributed by atoms with Crippen LogP contribution in [0.2, 0.25) is 0 Å². The number of hydrogen-bond donors (Lipinski definition) is 2. The van der Waals surface area contributed by atoms with Crippen LogP contribution in [0.4, 0.5) is 0 Å². The number of methoxy groups -OCH3 is 1. The van der Waals surface area contributed by atoms with E-state index >= 15 is 0 Å². The average Bonchev–Trinajstić information content (AvgIpc) is 2.54. The maximum Gasteiger partial charge on any atom is 0.228 e. The minimum Gasteiger partial charge on any atom is -0.384 e. The highest BCUT2D eigenvalue weighted by atomic mass is 35.5. The summed E-state index contributed by atoms with van der Waals surface area (Å²) in [5.74, 6) is 3.22. The van der Waals surface area contributed by atoms with Crippen LogP contribution in [0.5, 0.6) is 0 Å². The maximum absolute atomic E-state index is 12.9. The van der Waals surface area contributed by atoms with Crippen molar-refractivity contribution in [3.05, 3.63) is 0 Å². The van der Waals surface area contributed by atoms with Gasteiger partial charge >= 0.3 is 0 Å². The monoisotopic (exact) mass is 370 g/mol. The molecule has 0 unspecified atom stereocenters. The first-order valence-electron chi connectivity index (χ1n) is 10.1. The van der Waals surface area contributed by atoms with Crippen molar-refractivity contribution in [3.8, 4) is 0 Å². The number of halogens is 1. The zero-order valence-electron chi connectivity index (χ0n) is 15.6. The van der Waals surface area contributed by atoms with Crippen molar-refractivity contribution in [1.29, 1.82) is 0 Å². The van der Waals surface area contributed by atoms with E-state index in [2.05, 4.69) is 10.6 Å². The van der Waals surface area contributed by atoms with Crippen molar-refractivity contribution in [1.82, 2.24) is 10.6 Å². The quantitative estimate of drug-likeness (QED) is 0.755. The van der Waals surface area contributed by atoms with Crippen molar-refractivity contribution < 1.29 is 9.53 Å². The molecule has 5 aliphatic rings. The smallest absolute Gasteiger partial charge is 0.228 e. The van der Waals surface area contributed by atoms with Crippen LogP contribution in [0, 0.1) is 28.6 Å². The Morgan fingerprint density at radius 3 is 2.16 bits per heavy atom. The SMILES string of the molecule is COCC1(C(=O)NCCC23CC4CC(CC(C4)C2)C3)CCNCC1.Cl. The average molecular weight is 371 g/mol. The predicted molar refractivity (Wildman–Crippen MR) is 102 cm³/mol. The van der Waals surface area contributed by atoms with Crippen LogP contribution in [0.25, 0.3) is 0 Å². The van der Waals surface area contributed by atoms with Crippen molar-refractivity contribution in [2.24, 2.45) is 28.6 Å². The zero-order valence-corrected chi connectivity index (χ0v) is 16.5. The normalized spacial score (nSPS) is 38.2. The number of ether oxygens (including phenoxy) is 1. The van der Waals surface area contributed by atoms with Gasteiger partial charge in [0.2, 0.25) is 5.91 Å². The van der Waals surface area contributed by atoms with E-state index in [1.165, 1.54) is 44.9 Å². The topological polar surface area (TPSA) is 50.4 Å². The van der Waals surface area contributed by atoms with Gasteiger partial charge in [0, 0.05) is 13.7 Å². The third kappa shape index (κ3) is 3.86. The first-order chi connectivity index (χ1) is 11.6. The van der Waals surface area contributed by atoms with Crippen molar-refractivity contribution in [2.75, 3.05) is 33.4 Å². The van der Waals surface area contributed by atoms with Gasteiger partial charge in [-0.25, -0.2) is 0 Å². The molecular formula is C20H35ClN2O2. The molecule has 5 rings (SSSR count). The van der Waals surface area contributed by atoms with Crippen LogP contribution in [-0.4, -0.2) is 39.3 Å². The lowest BCUT2D eigenvalue weighted by atomic mass is 9.49. The van der Waals surface area contributed by atoms with Gasteiger partial charge in [-0.3, -0.25) is 4.79 Å². The van der Waals surface area contributed by atoms with E-state index < -0.39 is 0 Å². The number of amides is 1. The van der Waals surface area contributed by atoms with E-state index in [9.17, 15) is 4.79 Å². The Labute approximate surface area is 158 Å². The Balaban J connectivity index is 0.00000182. The zero-order chi connectivity index (χ0) is 16.6. The molecule has 0 atom stereocenters. The lowest BCUT2D eigenvalue weighted by Gasteiger charge is -2.57. The van der Waals surface area contributed by atoms with Gasteiger partial charge in [0.1, 0.15) is 0 Å². The second-order valence-electron chi connectivity index (χ2n) is 9.39. The van der Waals surface area contributed by atoms with Crippen LogP contribution in [-0.2, 0) is 9.53 Å². The fourth-order valence-corrected chi connectivity index (χ4v) is 6.84. The van der Waals surface area contributed by atoms with Crippen LogP contribution >= 0.6 is 12.4 Å². The minimum atomic E-state index is -0.304. The number of hydrogen-bond acceptors (Lipinski definition) is 3. The Morgan fingerprint density at radius 2 is 1.64 bits per heavy atom. The van der Waals surface area contributed by atoms with E-state index in [1.54, 1.807) is 7.11 Å². The van der Waals surface area contributed by atoms with Gasteiger partial charge in [-0.2, -0.15) is 0 Å². The molecule has 25 heavy (non-hydrogen) atoms. The van der Waals surface area contributed by atoms with E-state index in [0.717, 1.165) is 50.2 Å². The first kappa shape index (κ1) is 19.4. The number of carbonyl (C=O) groups excluding carboxylic acids is 1.